The van der Waals surface area contributed by atoms with Crippen LogP contribution in [0, 0.1) is 0 Å². The second kappa shape index (κ2) is 10.1. The summed E-state index contributed by atoms with van der Waals surface area (Å²) >= 11 is 0. The molecular weight excluding hydrogens is 485 g/mol. The van der Waals surface area contributed by atoms with Crippen molar-refractivity contribution in [3.8, 4) is 0 Å². The number of aliphatic imine (C=N–C) groups is 1. The van der Waals surface area contributed by atoms with Crippen LogP contribution in [0.15, 0.2) is 38.4 Å². The topological polar surface area (TPSA) is 87.1 Å². The van der Waals surface area contributed by atoms with Gasteiger partial charge in [0.1, 0.15) is 12.3 Å². The number of furan rings is 1. The zero-order valence-corrected chi connectivity index (χ0v) is 19.8. The van der Waals surface area contributed by atoms with Crippen molar-refractivity contribution < 1.29 is 13.6 Å². The number of amides is 1. The van der Waals surface area contributed by atoms with Gasteiger partial charge >= 0.3 is 0 Å². The maximum atomic E-state index is 12.4. The smallest absolute Gasteiger partial charge is 0.289 e. The minimum absolute atomic E-state index is 0. The van der Waals surface area contributed by atoms with Gasteiger partial charge in [-0.25, -0.2) is 9.98 Å². The molecule has 1 N–H and O–H groups in total. The molecule has 2 aromatic rings. The Morgan fingerprint density at radius 2 is 1.93 bits per heavy atom. The molecule has 0 bridgehead atoms. The lowest BCUT2D eigenvalue weighted by molar-refractivity contribution is 0.0657. The molecule has 2 aromatic heterocycles. The quantitative estimate of drug-likeness (QED) is 0.383. The van der Waals surface area contributed by atoms with Gasteiger partial charge in [-0.05, 0) is 19.1 Å². The Labute approximate surface area is 188 Å². The molecule has 1 aliphatic rings. The first-order chi connectivity index (χ1) is 13.4. The van der Waals surface area contributed by atoms with Crippen molar-refractivity contribution in [2.75, 3.05) is 32.7 Å². The predicted molar refractivity (Wildman–Crippen MR) is 122 cm³/mol. The third kappa shape index (κ3) is 5.97. The summed E-state index contributed by atoms with van der Waals surface area (Å²) in [6.45, 7) is 12.1. The molecule has 1 fully saturated rings. The van der Waals surface area contributed by atoms with Crippen LogP contribution in [0.25, 0.3) is 0 Å². The lowest BCUT2D eigenvalue weighted by atomic mass is 9.94. The Balaban J connectivity index is 0.00000300. The lowest BCUT2D eigenvalue weighted by Gasteiger charge is -2.36. The van der Waals surface area contributed by atoms with E-state index in [2.05, 4.69) is 41.0 Å². The lowest BCUT2D eigenvalue weighted by Crippen LogP contribution is -2.53. The molecule has 8 nitrogen and oxygen atoms in total. The Bertz CT molecular complexity index is 802. The summed E-state index contributed by atoms with van der Waals surface area (Å²) in [6.07, 6.45) is 3.30. The molecule has 160 valence electrons. The van der Waals surface area contributed by atoms with Crippen LogP contribution in [0.2, 0.25) is 0 Å². The summed E-state index contributed by atoms with van der Waals surface area (Å²) in [6, 6.07) is 3.43. The highest BCUT2D eigenvalue weighted by atomic mass is 127. The normalized spacial score (nSPS) is 15.2. The number of guanidine groups is 1. The predicted octanol–water partition coefficient (Wildman–Crippen LogP) is 3.11. The van der Waals surface area contributed by atoms with Crippen molar-refractivity contribution >= 4 is 35.8 Å². The van der Waals surface area contributed by atoms with Gasteiger partial charge in [0.05, 0.1) is 12.5 Å². The number of aromatic nitrogens is 1. The van der Waals surface area contributed by atoms with Crippen molar-refractivity contribution in [2.24, 2.45) is 4.99 Å². The van der Waals surface area contributed by atoms with E-state index >= 15 is 0 Å². The summed E-state index contributed by atoms with van der Waals surface area (Å²) in [5.41, 5.74) is -0.0731. The maximum absolute atomic E-state index is 12.4. The molecule has 0 aromatic carbocycles. The molecular formula is C20H30IN5O3. The molecule has 29 heavy (non-hydrogen) atoms. The van der Waals surface area contributed by atoms with Crippen molar-refractivity contribution in [3.05, 3.63) is 42.0 Å². The van der Waals surface area contributed by atoms with E-state index in [9.17, 15) is 4.79 Å². The average molecular weight is 515 g/mol. The highest BCUT2D eigenvalue weighted by molar-refractivity contribution is 14.0. The van der Waals surface area contributed by atoms with E-state index in [1.807, 2.05) is 11.8 Å². The van der Waals surface area contributed by atoms with E-state index in [1.165, 1.54) is 6.26 Å². The molecule has 3 heterocycles. The van der Waals surface area contributed by atoms with Crippen molar-refractivity contribution in [2.45, 2.75) is 39.7 Å². The number of hydrogen-bond donors (Lipinski definition) is 1. The van der Waals surface area contributed by atoms with Crippen LogP contribution in [0.1, 0.15) is 49.9 Å². The first-order valence-corrected chi connectivity index (χ1v) is 9.69. The van der Waals surface area contributed by atoms with Gasteiger partial charge in [-0.1, -0.05) is 20.8 Å². The third-order valence-electron chi connectivity index (χ3n) is 4.59. The Morgan fingerprint density at radius 3 is 2.48 bits per heavy atom. The summed E-state index contributed by atoms with van der Waals surface area (Å²) in [7, 11) is 0. The summed E-state index contributed by atoms with van der Waals surface area (Å²) in [4.78, 5) is 25.4. The van der Waals surface area contributed by atoms with Gasteiger partial charge in [0, 0.05) is 38.1 Å². The number of halogens is 1. The number of nitrogens with one attached hydrogen (secondary N) is 1. The van der Waals surface area contributed by atoms with Crippen LogP contribution < -0.4 is 5.32 Å². The molecule has 0 aliphatic carbocycles. The van der Waals surface area contributed by atoms with Crippen molar-refractivity contribution in [1.29, 1.82) is 0 Å². The molecule has 0 radical (unpaired) electrons. The third-order valence-corrected chi connectivity index (χ3v) is 4.59. The highest BCUT2D eigenvalue weighted by Gasteiger charge is 2.25. The minimum atomic E-state index is -0.0731. The van der Waals surface area contributed by atoms with Crippen LogP contribution in [0.3, 0.4) is 0 Å². The molecule has 0 spiro atoms. The van der Waals surface area contributed by atoms with Crippen molar-refractivity contribution in [1.82, 2.24) is 20.1 Å². The SMILES string of the molecule is CCNC(=NCc1ncc(C(C)(C)C)o1)N1CCN(C(=O)c2ccco2)CC1.I. The van der Waals surface area contributed by atoms with Gasteiger partial charge in [-0.2, -0.15) is 0 Å². The second-order valence-electron chi connectivity index (χ2n) is 7.79. The van der Waals surface area contributed by atoms with E-state index < -0.39 is 0 Å². The number of piperazine rings is 1. The average Bonchev–Trinajstić information content (AvgIpc) is 3.36. The molecule has 1 aliphatic heterocycles. The molecule has 9 heteroatoms. The number of carbonyl (C=O) groups excluding carboxylic acids is 1. The van der Waals surface area contributed by atoms with Crippen LogP contribution >= 0.6 is 24.0 Å². The standard InChI is InChI=1S/C20H29N5O3.HI/c1-5-21-19(23-14-17-22-13-16(28-17)20(2,3)4)25-10-8-24(9-11-25)18(26)15-7-6-12-27-15;/h6-7,12-13H,5,8-11,14H2,1-4H3,(H,21,23);1H. The maximum Gasteiger partial charge on any atom is 0.289 e. The first-order valence-electron chi connectivity index (χ1n) is 9.69. The van der Waals surface area contributed by atoms with Crippen LogP contribution in [0.5, 0.6) is 0 Å². The number of rotatable bonds is 4. The second-order valence-corrected chi connectivity index (χ2v) is 7.79. The van der Waals surface area contributed by atoms with Gasteiger partial charge in [0.25, 0.3) is 5.91 Å². The minimum Gasteiger partial charge on any atom is -0.459 e. The van der Waals surface area contributed by atoms with E-state index in [1.54, 1.807) is 18.3 Å². The van der Waals surface area contributed by atoms with Crippen LogP contribution in [-0.2, 0) is 12.0 Å². The van der Waals surface area contributed by atoms with Crippen LogP contribution in [0.4, 0.5) is 0 Å². The number of hydrogen-bond acceptors (Lipinski definition) is 5. The van der Waals surface area contributed by atoms with Gasteiger partial charge < -0.3 is 24.0 Å². The van der Waals surface area contributed by atoms with E-state index in [0.717, 1.165) is 18.3 Å². The monoisotopic (exact) mass is 515 g/mol. The van der Waals surface area contributed by atoms with Gasteiger partial charge in [0.15, 0.2) is 11.7 Å². The van der Waals surface area contributed by atoms with Gasteiger partial charge in [-0.15, -0.1) is 24.0 Å². The molecule has 0 saturated carbocycles. The molecule has 1 amide bonds. The summed E-state index contributed by atoms with van der Waals surface area (Å²) in [5.74, 6) is 2.58. The largest absolute Gasteiger partial charge is 0.459 e. The zero-order chi connectivity index (χ0) is 20.1. The number of oxazole rings is 1. The fraction of sp³-hybridized carbons (Fsp3) is 0.550. The fourth-order valence-corrected chi connectivity index (χ4v) is 2.98. The Morgan fingerprint density at radius 1 is 1.24 bits per heavy atom. The van der Waals surface area contributed by atoms with Crippen molar-refractivity contribution in [3.63, 3.8) is 0 Å². The molecule has 0 atom stereocenters. The number of carbonyl (C=O) groups is 1. The van der Waals surface area contributed by atoms with E-state index in [-0.39, 0.29) is 35.3 Å². The first kappa shape index (κ1) is 23.2. The van der Waals surface area contributed by atoms with E-state index in [4.69, 9.17) is 8.83 Å². The number of nitrogens with zero attached hydrogens (tertiary/aromatic N) is 4. The summed E-state index contributed by atoms with van der Waals surface area (Å²) < 4.78 is 11.0. The van der Waals surface area contributed by atoms with Gasteiger partial charge in [-0.3, -0.25) is 4.79 Å². The van der Waals surface area contributed by atoms with Crippen LogP contribution in [-0.4, -0.2) is 59.4 Å². The molecule has 0 unspecified atom stereocenters. The Hall–Kier alpha value is -2.04. The van der Waals surface area contributed by atoms with E-state index in [0.29, 0.717) is 44.4 Å². The zero-order valence-electron chi connectivity index (χ0n) is 17.5. The van der Waals surface area contributed by atoms with Gasteiger partial charge in [0.2, 0.25) is 5.89 Å². The molecule has 1 saturated heterocycles. The summed E-state index contributed by atoms with van der Waals surface area (Å²) in [5, 5.41) is 3.32. The molecule has 3 rings (SSSR count). The highest BCUT2D eigenvalue weighted by Crippen LogP contribution is 2.22. The Kier molecular flexibility index (Phi) is 8.12. The fourth-order valence-electron chi connectivity index (χ4n) is 2.98.